The monoisotopic (exact) mass is 358 g/mol. The Morgan fingerprint density at radius 3 is 2.04 bits per heavy atom. The molecule has 0 aromatic heterocycles. The average molecular weight is 359 g/mol. The fourth-order valence-electron chi connectivity index (χ4n) is 3.78. The molecule has 25 heavy (non-hydrogen) atoms. The number of carbonyl (C=O) groups is 1. The molecule has 132 valence electrons. The molecule has 2 aromatic carbocycles. The van der Waals surface area contributed by atoms with E-state index in [0.29, 0.717) is 5.75 Å². The van der Waals surface area contributed by atoms with Crippen LogP contribution in [-0.2, 0) is 10.2 Å². The smallest absolute Gasteiger partial charge is 0.344 e. The Hall–Kier alpha value is -2.00. The van der Waals surface area contributed by atoms with Gasteiger partial charge in [-0.2, -0.15) is 0 Å². The number of ether oxygens (including phenoxy) is 1. The number of carboxylic acid groups (broad SMARTS) is 1. The minimum atomic E-state index is -0.964. The van der Waals surface area contributed by atoms with Gasteiger partial charge in [-0.05, 0) is 55.2 Å². The zero-order valence-corrected chi connectivity index (χ0v) is 15.1. The van der Waals surface area contributed by atoms with Gasteiger partial charge in [0.25, 0.3) is 0 Å². The van der Waals surface area contributed by atoms with Crippen LogP contribution in [0.1, 0.15) is 50.2 Å². The summed E-state index contributed by atoms with van der Waals surface area (Å²) in [7, 11) is 0. The molecule has 4 heteroatoms. The molecule has 3 nitrogen and oxygen atoms in total. The predicted octanol–water partition coefficient (Wildman–Crippen LogP) is 5.44. The number of halogens is 1. The Kier molecular flexibility index (Phi) is 5.33. The number of hydrogen-bond acceptors (Lipinski definition) is 2. The largest absolute Gasteiger partial charge is 0.479 e. The molecular weight excluding hydrogens is 336 g/mol. The van der Waals surface area contributed by atoms with Crippen molar-refractivity contribution in [1.29, 1.82) is 0 Å². The number of aliphatic carboxylic acids is 1. The van der Waals surface area contributed by atoms with E-state index in [4.69, 9.17) is 21.4 Å². The van der Waals surface area contributed by atoms with Crippen LogP contribution in [0.3, 0.4) is 0 Å². The minimum Gasteiger partial charge on any atom is -0.479 e. The van der Waals surface area contributed by atoms with Crippen LogP contribution in [0.15, 0.2) is 48.5 Å². The third-order valence-electron chi connectivity index (χ3n) is 5.17. The van der Waals surface area contributed by atoms with E-state index in [1.165, 1.54) is 37.3 Å². The molecule has 0 bridgehead atoms. The normalized spacial score (nSPS) is 17.7. The molecule has 0 spiro atoms. The van der Waals surface area contributed by atoms with Gasteiger partial charge in [-0.1, -0.05) is 55.1 Å². The zero-order chi connectivity index (χ0) is 17.9. The van der Waals surface area contributed by atoms with Gasteiger partial charge in [0.2, 0.25) is 0 Å². The highest BCUT2D eigenvalue weighted by Crippen LogP contribution is 2.45. The van der Waals surface area contributed by atoms with Crippen molar-refractivity contribution in [2.45, 2.75) is 50.5 Å². The van der Waals surface area contributed by atoms with Crippen molar-refractivity contribution in [3.63, 3.8) is 0 Å². The molecule has 1 atom stereocenters. The van der Waals surface area contributed by atoms with E-state index in [9.17, 15) is 4.79 Å². The lowest BCUT2D eigenvalue weighted by atomic mass is 9.65. The van der Waals surface area contributed by atoms with E-state index in [1.54, 1.807) is 0 Å². The van der Waals surface area contributed by atoms with Gasteiger partial charge in [-0.25, -0.2) is 4.79 Å². The van der Waals surface area contributed by atoms with Crippen molar-refractivity contribution in [2.75, 3.05) is 0 Å². The highest BCUT2D eigenvalue weighted by Gasteiger charge is 2.35. The maximum absolute atomic E-state index is 10.9. The second-order valence-electron chi connectivity index (χ2n) is 6.77. The van der Waals surface area contributed by atoms with Crippen molar-refractivity contribution >= 4 is 17.6 Å². The average Bonchev–Trinajstić information content (AvgIpc) is 2.63. The van der Waals surface area contributed by atoms with Crippen LogP contribution in [0.25, 0.3) is 0 Å². The molecule has 1 aliphatic rings. The third-order valence-corrected chi connectivity index (χ3v) is 5.42. The lowest BCUT2D eigenvalue weighted by Crippen LogP contribution is -2.30. The van der Waals surface area contributed by atoms with Crippen LogP contribution in [-0.4, -0.2) is 17.2 Å². The van der Waals surface area contributed by atoms with Gasteiger partial charge < -0.3 is 9.84 Å². The Labute approximate surface area is 153 Å². The molecule has 1 fully saturated rings. The molecule has 0 aliphatic heterocycles. The van der Waals surface area contributed by atoms with Crippen LogP contribution in [0.5, 0.6) is 5.75 Å². The standard InChI is InChI=1S/C21H23ClO3/c1-15(20(23)24)25-19-11-7-17(8-12-19)21(13-3-2-4-14-21)16-5-9-18(22)10-6-16/h5-12,15H,2-4,13-14H2,1H3,(H,23,24). The van der Waals surface area contributed by atoms with E-state index < -0.39 is 12.1 Å². The summed E-state index contributed by atoms with van der Waals surface area (Å²) in [6.45, 7) is 1.53. The molecule has 0 amide bonds. The van der Waals surface area contributed by atoms with Gasteiger partial charge >= 0.3 is 5.97 Å². The van der Waals surface area contributed by atoms with E-state index in [0.717, 1.165) is 17.9 Å². The molecule has 1 N–H and O–H groups in total. The summed E-state index contributed by atoms with van der Waals surface area (Å²) in [6.07, 6.45) is 5.05. The molecule has 1 aliphatic carbocycles. The van der Waals surface area contributed by atoms with E-state index in [1.807, 2.05) is 24.3 Å². The molecule has 0 heterocycles. The Bertz CT molecular complexity index is 716. The van der Waals surface area contributed by atoms with Gasteiger partial charge in [0.15, 0.2) is 6.10 Å². The summed E-state index contributed by atoms with van der Waals surface area (Å²) in [5, 5.41) is 9.73. The first-order chi connectivity index (χ1) is 12.0. The van der Waals surface area contributed by atoms with Crippen LogP contribution in [0.4, 0.5) is 0 Å². The van der Waals surface area contributed by atoms with Gasteiger partial charge in [-0.3, -0.25) is 0 Å². The molecule has 0 saturated heterocycles. The Morgan fingerprint density at radius 1 is 1.00 bits per heavy atom. The molecule has 1 saturated carbocycles. The van der Waals surface area contributed by atoms with Gasteiger partial charge in [0, 0.05) is 10.4 Å². The summed E-state index contributed by atoms with van der Waals surface area (Å²) in [5.74, 6) is -0.380. The second-order valence-corrected chi connectivity index (χ2v) is 7.21. The highest BCUT2D eigenvalue weighted by molar-refractivity contribution is 6.30. The third kappa shape index (κ3) is 3.82. The SMILES string of the molecule is CC(Oc1ccc(C2(c3ccc(Cl)cc3)CCCCC2)cc1)C(=O)O. The first-order valence-corrected chi connectivity index (χ1v) is 9.15. The van der Waals surface area contributed by atoms with Crippen LogP contribution in [0.2, 0.25) is 5.02 Å². The van der Waals surface area contributed by atoms with E-state index in [2.05, 4.69) is 24.3 Å². The highest BCUT2D eigenvalue weighted by atomic mass is 35.5. The van der Waals surface area contributed by atoms with Crippen molar-refractivity contribution in [1.82, 2.24) is 0 Å². The topological polar surface area (TPSA) is 46.5 Å². The van der Waals surface area contributed by atoms with Gasteiger partial charge in [0.1, 0.15) is 5.75 Å². The molecule has 1 unspecified atom stereocenters. The quantitative estimate of drug-likeness (QED) is 0.773. The number of carboxylic acids is 1. The molecule has 2 aromatic rings. The van der Waals surface area contributed by atoms with Crippen molar-refractivity contribution in [3.05, 3.63) is 64.7 Å². The van der Waals surface area contributed by atoms with Crippen molar-refractivity contribution < 1.29 is 14.6 Å². The Balaban J connectivity index is 1.91. The summed E-state index contributed by atoms with van der Waals surface area (Å²) in [4.78, 5) is 10.9. The van der Waals surface area contributed by atoms with Gasteiger partial charge in [0.05, 0.1) is 0 Å². The number of benzene rings is 2. The fourth-order valence-corrected chi connectivity index (χ4v) is 3.90. The Morgan fingerprint density at radius 2 is 1.52 bits per heavy atom. The maximum atomic E-state index is 10.9. The van der Waals surface area contributed by atoms with Crippen LogP contribution in [0, 0.1) is 0 Å². The first-order valence-electron chi connectivity index (χ1n) is 8.77. The number of rotatable bonds is 5. The zero-order valence-electron chi connectivity index (χ0n) is 14.4. The van der Waals surface area contributed by atoms with Crippen molar-refractivity contribution in [2.24, 2.45) is 0 Å². The minimum absolute atomic E-state index is 0.000215. The second kappa shape index (κ2) is 7.49. The molecular formula is C21H23ClO3. The van der Waals surface area contributed by atoms with E-state index in [-0.39, 0.29) is 5.41 Å². The molecule has 3 rings (SSSR count). The van der Waals surface area contributed by atoms with E-state index >= 15 is 0 Å². The van der Waals surface area contributed by atoms with Gasteiger partial charge in [-0.15, -0.1) is 0 Å². The molecule has 0 radical (unpaired) electrons. The summed E-state index contributed by atoms with van der Waals surface area (Å²) in [5.41, 5.74) is 2.55. The lowest BCUT2D eigenvalue weighted by Gasteiger charge is -2.38. The summed E-state index contributed by atoms with van der Waals surface area (Å²) < 4.78 is 5.46. The van der Waals surface area contributed by atoms with Crippen molar-refractivity contribution in [3.8, 4) is 5.75 Å². The lowest BCUT2D eigenvalue weighted by molar-refractivity contribution is -0.144. The fraction of sp³-hybridized carbons (Fsp3) is 0.381. The number of hydrogen-bond donors (Lipinski definition) is 1. The summed E-state index contributed by atoms with van der Waals surface area (Å²) in [6, 6.07) is 16.1. The van der Waals surface area contributed by atoms with Crippen LogP contribution >= 0.6 is 11.6 Å². The van der Waals surface area contributed by atoms with Crippen LogP contribution < -0.4 is 4.74 Å². The maximum Gasteiger partial charge on any atom is 0.344 e. The predicted molar refractivity (Wildman–Crippen MR) is 99.5 cm³/mol. The summed E-state index contributed by atoms with van der Waals surface area (Å²) >= 11 is 6.07. The first kappa shape index (κ1) is 17.8.